The van der Waals surface area contributed by atoms with Crippen LogP contribution < -0.4 is 0 Å². The molecular weight excluding hydrogens is 222 g/mol. The Morgan fingerprint density at radius 2 is 2.22 bits per heavy atom. The second-order valence-electron chi connectivity index (χ2n) is 5.62. The van der Waals surface area contributed by atoms with Crippen molar-refractivity contribution in [3.63, 3.8) is 0 Å². The summed E-state index contributed by atoms with van der Waals surface area (Å²) in [6.45, 7) is 4.37. The molecule has 18 heavy (non-hydrogen) atoms. The Bertz CT molecular complexity index is 396. The molecule has 1 aromatic rings. The lowest BCUT2D eigenvalue weighted by atomic mass is 9.79. The summed E-state index contributed by atoms with van der Waals surface area (Å²) in [5.41, 5.74) is 2.16. The lowest BCUT2D eigenvalue weighted by Gasteiger charge is -2.25. The number of Topliss-reactive ketones (excluding diaryl/α,β-unsaturated/α-hetero) is 1. The number of hydrogen-bond acceptors (Lipinski definition) is 2. The van der Waals surface area contributed by atoms with Crippen LogP contribution in [0, 0.1) is 11.8 Å². The quantitative estimate of drug-likeness (QED) is 0.811. The van der Waals surface area contributed by atoms with Gasteiger partial charge in [0.2, 0.25) is 0 Å². The molecule has 2 nitrogen and oxygen atoms in total. The van der Waals surface area contributed by atoms with Gasteiger partial charge in [-0.15, -0.1) is 0 Å². The zero-order valence-electron chi connectivity index (χ0n) is 11.5. The third-order valence-corrected chi connectivity index (χ3v) is 4.04. The number of rotatable bonds is 4. The van der Waals surface area contributed by atoms with E-state index in [0.29, 0.717) is 18.1 Å². The topological polar surface area (TPSA) is 30.0 Å². The largest absolute Gasteiger partial charge is 0.299 e. The number of hydrogen-bond donors (Lipinski definition) is 0. The molecule has 0 amide bonds. The molecule has 0 N–H and O–H groups in total. The minimum Gasteiger partial charge on any atom is -0.299 e. The van der Waals surface area contributed by atoms with E-state index in [0.717, 1.165) is 25.0 Å². The number of aromatic nitrogens is 1. The van der Waals surface area contributed by atoms with E-state index < -0.39 is 0 Å². The molecule has 2 rings (SSSR count). The van der Waals surface area contributed by atoms with Crippen molar-refractivity contribution < 1.29 is 4.79 Å². The van der Waals surface area contributed by atoms with Crippen molar-refractivity contribution in [3.8, 4) is 0 Å². The molecule has 1 fully saturated rings. The van der Waals surface area contributed by atoms with Gasteiger partial charge in [-0.3, -0.25) is 9.78 Å². The molecule has 1 heterocycles. The first kappa shape index (κ1) is 13.3. The van der Waals surface area contributed by atoms with Gasteiger partial charge in [0.15, 0.2) is 0 Å². The molecule has 2 atom stereocenters. The summed E-state index contributed by atoms with van der Waals surface area (Å²) in [5, 5.41) is 0. The van der Waals surface area contributed by atoms with Gasteiger partial charge in [-0.2, -0.15) is 0 Å². The zero-order chi connectivity index (χ0) is 13.0. The van der Waals surface area contributed by atoms with Gasteiger partial charge >= 0.3 is 0 Å². The molecular formula is C16H23NO. The maximum Gasteiger partial charge on any atom is 0.141 e. The monoisotopic (exact) mass is 245 g/mol. The Morgan fingerprint density at radius 1 is 1.39 bits per heavy atom. The predicted molar refractivity (Wildman–Crippen MR) is 73.4 cm³/mol. The first-order valence-corrected chi connectivity index (χ1v) is 7.15. The van der Waals surface area contributed by atoms with E-state index in [4.69, 9.17) is 0 Å². The van der Waals surface area contributed by atoms with Crippen molar-refractivity contribution in [2.24, 2.45) is 11.8 Å². The molecule has 0 saturated heterocycles. The standard InChI is InChI=1S/C16H23NO/c1-3-13-7-8-15(17-11-13)10-16(18)14-6-4-5-12(2)9-14/h7-8,11-12,14H,3-6,9-10H2,1-2H3. The van der Waals surface area contributed by atoms with Crippen molar-refractivity contribution in [1.82, 2.24) is 4.98 Å². The summed E-state index contributed by atoms with van der Waals surface area (Å²) < 4.78 is 0. The number of aryl methyl sites for hydroxylation is 1. The van der Waals surface area contributed by atoms with Crippen molar-refractivity contribution in [1.29, 1.82) is 0 Å². The van der Waals surface area contributed by atoms with Crippen molar-refractivity contribution in [2.45, 2.75) is 52.4 Å². The lowest BCUT2D eigenvalue weighted by Crippen LogP contribution is -2.23. The van der Waals surface area contributed by atoms with Gasteiger partial charge < -0.3 is 0 Å². The third kappa shape index (κ3) is 3.41. The van der Waals surface area contributed by atoms with Gasteiger partial charge in [0.25, 0.3) is 0 Å². The fourth-order valence-electron chi connectivity index (χ4n) is 2.82. The molecule has 2 unspecified atom stereocenters. The molecule has 0 radical (unpaired) electrons. The molecule has 1 saturated carbocycles. The van der Waals surface area contributed by atoms with Gasteiger partial charge in [-0.05, 0) is 36.8 Å². The molecule has 0 aliphatic heterocycles. The third-order valence-electron chi connectivity index (χ3n) is 4.04. The van der Waals surface area contributed by atoms with Gasteiger partial charge in [0, 0.05) is 24.2 Å². The Balaban J connectivity index is 1.93. The molecule has 1 aliphatic carbocycles. The summed E-state index contributed by atoms with van der Waals surface area (Å²) in [6.07, 6.45) is 8.06. The van der Waals surface area contributed by atoms with Crippen LogP contribution in [0.25, 0.3) is 0 Å². The Hall–Kier alpha value is -1.18. The van der Waals surface area contributed by atoms with Gasteiger partial charge in [-0.1, -0.05) is 32.8 Å². The van der Waals surface area contributed by atoms with E-state index in [2.05, 4.69) is 24.9 Å². The maximum atomic E-state index is 12.2. The molecule has 0 aromatic carbocycles. The van der Waals surface area contributed by atoms with E-state index in [1.165, 1.54) is 18.4 Å². The van der Waals surface area contributed by atoms with Crippen LogP contribution in [0.4, 0.5) is 0 Å². The Labute approximate surface area is 110 Å². The van der Waals surface area contributed by atoms with E-state index in [1.807, 2.05) is 12.3 Å². The fourth-order valence-corrected chi connectivity index (χ4v) is 2.82. The van der Waals surface area contributed by atoms with E-state index in [1.54, 1.807) is 0 Å². The minimum atomic E-state index is 0.279. The average molecular weight is 245 g/mol. The van der Waals surface area contributed by atoms with Crippen molar-refractivity contribution in [3.05, 3.63) is 29.6 Å². The average Bonchev–Trinajstić information content (AvgIpc) is 2.39. The molecule has 98 valence electrons. The first-order chi connectivity index (χ1) is 8.69. The summed E-state index contributed by atoms with van der Waals surface area (Å²) in [4.78, 5) is 16.6. The van der Waals surface area contributed by atoms with Crippen LogP contribution in [-0.4, -0.2) is 10.8 Å². The normalized spacial score (nSPS) is 23.9. The van der Waals surface area contributed by atoms with Crippen LogP contribution in [0.1, 0.15) is 50.8 Å². The number of carbonyl (C=O) groups is 1. The lowest BCUT2D eigenvalue weighted by molar-refractivity contribution is -0.123. The summed E-state index contributed by atoms with van der Waals surface area (Å²) in [6, 6.07) is 4.09. The highest BCUT2D eigenvalue weighted by molar-refractivity contribution is 5.83. The summed E-state index contributed by atoms with van der Waals surface area (Å²) >= 11 is 0. The summed E-state index contributed by atoms with van der Waals surface area (Å²) in [5.74, 6) is 1.38. The van der Waals surface area contributed by atoms with Gasteiger partial charge in [-0.25, -0.2) is 0 Å². The van der Waals surface area contributed by atoms with Crippen molar-refractivity contribution >= 4 is 5.78 Å². The van der Waals surface area contributed by atoms with Crippen LogP contribution in [0.2, 0.25) is 0 Å². The van der Waals surface area contributed by atoms with Crippen LogP contribution in [0.15, 0.2) is 18.3 Å². The molecule has 1 aliphatic rings. The van der Waals surface area contributed by atoms with Crippen LogP contribution in [-0.2, 0) is 17.6 Å². The molecule has 2 heteroatoms. The second-order valence-corrected chi connectivity index (χ2v) is 5.62. The summed E-state index contributed by atoms with van der Waals surface area (Å²) in [7, 11) is 0. The van der Waals surface area contributed by atoms with E-state index >= 15 is 0 Å². The van der Waals surface area contributed by atoms with Crippen LogP contribution in [0.3, 0.4) is 0 Å². The number of nitrogens with zero attached hydrogens (tertiary/aromatic N) is 1. The number of pyridine rings is 1. The number of carbonyl (C=O) groups excluding carboxylic acids is 1. The maximum absolute atomic E-state index is 12.2. The van der Waals surface area contributed by atoms with Gasteiger partial charge in [0.1, 0.15) is 5.78 Å². The van der Waals surface area contributed by atoms with Crippen molar-refractivity contribution in [2.75, 3.05) is 0 Å². The predicted octanol–water partition coefficient (Wildman–Crippen LogP) is 3.58. The fraction of sp³-hybridized carbons (Fsp3) is 0.625. The highest BCUT2D eigenvalue weighted by atomic mass is 16.1. The highest BCUT2D eigenvalue weighted by Gasteiger charge is 2.24. The van der Waals surface area contributed by atoms with E-state index in [9.17, 15) is 4.79 Å². The Kier molecular flexibility index (Phi) is 4.51. The molecule has 0 bridgehead atoms. The first-order valence-electron chi connectivity index (χ1n) is 7.15. The highest BCUT2D eigenvalue weighted by Crippen LogP contribution is 2.29. The van der Waals surface area contributed by atoms with Crippen LogP contribution in [0.5, 0.6) is 0 Å². The van der Waals surface area contributed by atoms with Crippen LogP contribution >= 0.6 is 0 Å². The molecule has 0 spiro atoms. The second kappa shape index (κ2) is 6.12. The zero-order valence-corrected chi connectivity index (χ0v) is 11.5. The van der Waals surface area contributed by atoms with Gasteiger partial charge in [0.05, 0.1) is 0 Å². The Morgan fingerprint density at radius 3 is 2.83 bits per heavy atom. The van der Waals surface area contributed by atoms with E-state index in [-0.39, 0.29) is 5.92 Å². The minimum absolute atomic E-state index is 0.279. The SMILES string of the molecule is CCc1ccc(CC(=O)C2CCCC(C)C2)nc1. The molecule has 1 aromatic heterocycles. The number of ketones is 1. The smallest absolute Gasteiger partial charge is 0.141 e.